The van der Waals surface area contributed by atoms with E-state index in [0.29, 0.717) is 19.2 Å². The summed E-state index contributed by atoms with van der Waals surface area (Å²) in [6, 6.07) is 8.39. The molecule has 2 unspecified atom stereocenters. The quantitative estimate of drug-likeness (QED) is 0.828. The van der Waals surface area contributed by atoms with Crippen LogP contribution in [0.4, 0.5) is 0 Å². The molecular formula is C18H29ClN2O2. The van der Waals surface area contributed by atoms with Crippen molar-refractivity contribution in [2.45, 2.75) is 39.0 Å². The molecule has 0 bridgehead atoms. The maximum absolute atomic E-state index is 10.0. The van der Waals surface area contributed by atoms with Crippen molar-refractivity contribution in [3.63, 3.8) is 0 Å². The minimum Gasteiger partial charge on any atom is -0.389 e. The van der Waals surface area contributed by atoms with Crippen LogP contribution in [0, 0.1) is 0 Å². The van der Waals surface area contributed by atoms with Crippen molar-refractivity contribution in [2.24, 2.45) is 0 Å². The third-order valence-electron chi connectivity index (χ3n) is 4.40. The molecule has 2 rings (SSSR count). The van der Waals surface area contributed by atoms with Gasteiger partial charge in [-0.2, -0.15) is 0 Å². The van der Waals surface area contributed by atoms with E-state index in [1.165, 1.54) is 5.56 Å². The molecule has 4 nitrogen and oxygen atoms in total. The summed E-state index contributed by atoms with van der Waals surface area (Å²) in [7, 11) is 0. The minimum absolute atomic E-state index is 0.165. The Kier molecular flexibility index (Phi) is 7.31. The summed E-state index contributed by atoms with van der Waals surface area (Å²) in [4.78, 5) is 4.76. The van der Waals surface area contributed by atoms with Crippen molar-refractivity contribution in [3.8, 4) is 0 Å². The lowest BCUT2D eigenvalue weighted by Gasteiger charge is -2.39. The molecule has 130 valence electrons. The van der Waals surface area contributed by atoms with Crippen LogP contribution < -0.4 is 0 Å². The van der Waals surface area contributed by atoms with E-state index in [-0.39, 0.29) is 6.10 Å². The van der Waals surface area contributed by atoms with Crippen LogP contribution in [-0.2, 0) is 4.74 Å². The first kappa shape index (κ1) is 18.7. The van der Waals surface area contributed by atoms with Crippen LogP contribution in [0.25, 0.3) is 0 Å². The first-order valence-electron chi connectivity index (χ1n) is 8.48. The Balaban J connectivity index is 1.78. The predicted molar refractivity (Wildman–Crippen MR) is 95.0 cm³/mol. The Hall–Kier alpha value is -0.650. The Morgan fingerprint density at radius 2 is 1.78 bits per heavy atom. The van der Waals surface area contributed by atoms with Crippen LogP contribution in [-0.4, -0.2) is 66.4 Å². The van der Waals surface area contributed by atoms with Gasteiger partial charge in [0.15, 0.2) is 0 Å². The molecule has 0 saturated carbocycles. The predicted octanol–water partition coefficient (Wildman–Crippen LogP) is 2.80. The number of hydrogen-bond acceptors (Lipinski definition) is 4. The smallest absolute Gasteiger partial charge is 0.0900 e. The monoisotopic (exact) mass is 340 g/mol. The molecule has 5 heteroatoms. The molecule has 2 atom stereocenters. The zero-order valence-electron chi connectivity index (χ0n) is 14.4. The number of aliphatic hydroxyl groups excluding tert-OH is 1. The number of benzene rings is 1. The lowest BCUT2D eigenvalue weighted by atomic mass is 10.1. The van der Waals surface area contributed by atoms with E-state index < -0.39 is 6.10 Å². The molecule has 1 aromatic rings. The maximum atomic E-state index is 10.0. The maximum Gasteiger partial charge on any atom is 0.0900 e. The highest BCUT2D eigenvalue weighted by Crippen LogP contribution is 2.27. The van der Waals surface area contributed by atoms with E-state index in [2.05, 4.69) is 22.8 Å². The van der Waals surface area contributed by atoms with Crippen molar-refractivity contribution >= 4 is 11.6 Å². The number of β-amino-alcohol motifs (C(OH)–C–C–N with tert-alkyl or cyclic N) is 1. The summed E-state index contributed by atoms with van der Waals surface area (Å²) >= 11 is 6.31. The fourth-order valence-corrected chi connectivity index (χ4v) is 3.29. The van der Waals surface area contributed by atoms with E-state index >= 15 is 0 Å². The summed E-state index contributed by atoms with van der Waals surface area (Å²) in [5.74, 6) is 0. The number of nitrogens with zero attached hydrogens (tertiary/aromatic N) is 2. The number of hydrogen-bond donors (Lipinski definition) is 1. The zero-order valence-corrected chi connectivity index (χ0v) is 15.2. The van der Waals surface area contributed by atoms with Crippen LogP contribution in [0.2, 0.25) is 5.02 Å². The van der Waals surface area contributed by atoms with Gasteiger partial charge >= 0.3 is 0 Å². The Bertz CT molecular complexity index is 476. The molecule has 1 aliphatic heterocycles. The number of ether oxygens (including phenoxy) is 1. The van der Waals surface area contributed by atoms with Crippen molar-refractivity contribution in [2.75, 3.05) is 39.3 Å². The molecule has 1 saturated heterocycles. The highest BCUT2D eigenvalue weighted by atomic mass is 35.5. The molecule has 0 spiro atoms. The van der Waals surface area contributed by atoms with Crippen LogP contribution >= 0.6 is 11.6 Å². The van der Waals surface area contributed by atoms with Crippen LogP contribution in [0.5, 0.6) is 0 Å². The average Bonchev–Trinajstić information content (AvgIpc) is 2.53. The molecule has 0 amide bonds. The molecule has 0 aromatic heterocycles. The summed E-state index contributed by atoms with van der Waals surface area (Å²) in [5.41, 5.74) is 1.19. The van der Waals surface area contributed by atoms with E-state index in [1.807, 2.05) is 32.0 Å². The fraction of sp³-hybridized carbons (Fsp3) is 0.667. The van der Waals surface area contributed by atoms with E-state index in [1.54, 1.807) is 0 Å². The van der Waals surface area contributed by atoms with Gasteiger partial charge in [-0.1, -0.05) is 29.8 Å². The Labute approximate surface area is 145 Å². The molecule has 23 heavy (non-hydrogen) atoms. The standard InChI is InChI=1S/C18H29ClN2O2/c1-14(2)23-13-16(22)12-20-8-10-21(11-9-20)15(3)17-6-4-5-7-18(17)19/h4-7,14-16,22H,8-13H2,1-3H3. The Morgan fingerprint density at radius 3 is 2.39 bits per heavy atom. The van der Waals surface area contributed by atoms with Gasteiger partial charge < -0.3 is 9.84 Å². The lowest BCUT2D eigenvalue weighted by Crippen LogP contribution is -2.49. The topological polar surface area (TPSA) is 35.9 Å². The number of halogens is 1. The molecule has 1 aliphatic rings. The zero-order chi connectivity index (χ0) is 16.8. The SMILES string of the molecule is CC(C)OCC(O)CN1CCN(C(C)c2ccccc2Cl)CC1. The van der Waals surface area contributed by atoms with E-state index in [0.717, 1.165) is 31.2 Å². The number of rotatable bonds is 7. The van der Waals surface area contributed by atoms with Crippen molar-refractivity contribution < 1.29 is 9.84 Å². The first-order chi connectivity index (χ1) is 11.0. The van der Waals surface area contributed by atoms with Gasteiger partial charge in [-0.3, -0.25) is 9.80 Å². The minimum atomic E-state index is -0.412. The number of aliphatic hydroxyl groups is 1. The Morgan fingerprint density at radius 1 is 1.13 bits per heavy atom. The normalized spacial score (nSPS) is 19.9. The summed E-state index contributed by atoms with van der Waals surface area (Å²) in [5, 5.41) is 10.9. The van der Waals surface area contributed by atoms with Gasteiger partial charge in [-0.25, -0.2) is 0 Å². The molecule has 0 aliphatic carbocycles. The second-order valence-electron chi connectivity index (χ2n) is 6.57. The molecule has 1 aromatic carbocycles. The van der Waals surface area contributed by atoms with Crippen molar-refractivity contribution in [1.82, 2.24) is 9.80 Å². The summed E-state index contributed by atoms with van der Waals surface area (Å²) in [6.45, 7) is 11.2. The van der Waals surface area contributed by atoms with Gasteiger partial charge in [-0.05, 0) is 32.4 Å². The highest BCUT2D eigenvalue weighted by Gasteiger charge is 2.24. The first-order valence-corrected chi connectivity index (χ1v) is 8.85. The van der Waals surface area contributed by atoms with Crippen LogP contribution in [0.1, 0.15) is 32.4 Å². The molecule has 1 N–H and O–H groups in total. The molecule has 1 fully saturated rings. The van der Waals surface area contributed by atoms with Gasteiger partial charge in [-0.15, -0.1) is 0 Å². The van der Waals surface area contributed by atoms with E-state index in [9.17, 15) is 5.11 Å². The molecular weight excluding hydrogens is 312 g/mol. The average molecular weight is 341 g/mol. The van der Waals surface area contributed by atoms with Gasteiger partial charge in [0.05, 0.1) is 18.8 Å². The third kappa shape index (κ3) is 5.73. The second-order valence-corrected chi connectivity index (χ2v) is 6.98. The summed E-state index contributed by atoms with van der Waals surface area (Å²) in [6.07, 6.45) is -0.247. The number of piperazine rings is 1. The van der Waals surface area contributed by atoms with Crippen molar-refractivity contribution in [1.29, 1.82) is 0 Å². The van der Waals surface area contributed by atoms with Gasteiger partial charge in [0.2, 0.25) is 0 Å². The third-order valence-corrected chi connectivity index (χ3v) is 4.75. The largest absolute Gasteiger partial charge is 0.389 e. The summed E-state index contributed by atoms with van der Waals surface area (Å²) < 4.78 is 5.47. The van der Waals surface area contributed by atoms with Crippen LogP contribution in [0.15, 0.2) is 24.3 Å². The lowest BCUT2D eigenvalue weighted by molar-refractivity contribution is -0.0163. The van der Waals surface area contributed by atoms with Crippen molar-refractivity contribution in [3.05, 3.63) is 34.9 Å². The molecule has 0 radical (unpaired) electrons. The van der Waals surface area contributed by atoms with Gasteiger partial charge in [0.1, 0.15) is 0 Å². The highest BCUT2D eigenvalue weighted by molar-refractivity contribution is 6.31. The van der Waals surface area contributed by atoms with Gasteiger partial charge in [0, 0.05) is 43.8 Å². The molecule has 1 heterocycles. The van der Waals surface area contributed by atoms with Crippen LogP contribution in [0.3, 0.4) is 0 Å². The van der Waals surface area contributed by atoms with E-state index in [4.69, 9.17) is 16.3 Å². The second kappa shape index (κ2) is 9.00. The fourth-order valence-electron chi connectivity index (χ4n) is 3.00. The van der Waals surface area contributed by atoms with Gasteiger partial charge in [0.25, 0.3) is 0 Å².